The molecule has 0 spiro atoms. The summed E-state index contributed by atoms with van der Waals surface area (Å²) in [4.78, 5) is 31.6. The molecule has 0 aliphatic carbocycles. The first-order chi connectivity index (χ1) is 13.7. The lowest BCUT2D eigenvalue weighted by molar-refractivity contribution is 0.0953. The third-order valence-corrected chi connectivity index (χ3v) is 5.50. The van der Waals surface area contributed by atoms with E-state index in [1.807, 2.05) is 12.1 Å². The van der Waals surface area contributed by atoms with Gasteiger partial charge in [0.15, 0.2) is 5.76 Å². The summed E-state index contributed by atoms with van der Waals surface area (Å²) >= 11 is 1.22. The van der Waals surface area contributed by atoms with E-state index in [2.05, 4.69) is 20.5 Å². The highest BCUT2D eigenvalue weighted by Gasteiger charge is 2.15. The lowest BCUT2D eigenvalue weighted by Gasteiger charge is -2.16. The molecule has 4 heterocycles. The standard InChI is InChI=1S/C20H20N4O3S/c25-19(15-4-3-11-27-15)23-18-6-5-16(28-18)20(26)22-13-14-7-8-21-17(12-14)24-9-1-2-10-24/h3-8,11-12H,1-2,9-10,13H2,(H,22,26)(H,23,25). The van der Waals surface area contributed by atoms with Crippen molar-refractivity contribution in [3.05, 3.63) is 65.1 Å². The third kappa shape index (κ3) is 4.23. The summed E-state index contributed by atoms with van der Waals surface area (Å²) in [6.45, 7) is 2.49. The molecule has 1 aliphatic rings. The lowest BCUT2D eigenvalue weighted by atomic mass is 10.2. The van der Waals surface area contributed by atoms with Crippen molar-refractivity contribution >= 4 is 34.0 Å². The second kappa shape index (κ2) is 8.26. The van der Waals surface area contributed by atoms with Crippen LogP contribution in [0.5, 0.6) is 0 Å². The van der Waals surface area contributed by atoms with Gasteiger partial charge in [-0.25, -0.2) is 4.98 Å². The minimum atomic E-state index is -0.343. The van der Waals surface area contributed by atoms with Gasteiger partial charge in [-0.1, -0.05) is 0 Å². The summed E-state index contributed by atoms with van der Waals surface area (Å²) in [5.41, 5.74) is 1.01. The average molecular weight is 396 g/mol. The number of amides is 2. The molecule has 8 heteroatoms. The largest absolute Gasteiger partial charge is 0.459 e. The molecule has 2 N–H and O–H groups in total. The fourth-order valence-corrected chi connectivity index (χ4v) is 3.89. The van der Waals surface area contributed by atoms with Gasteiger partial charge in [-0.2, -0.15) is 0 Å². The molecule has 0 aromatic carbocycles. The first kappa shape index (κ1) is 18.2. The van der Waals surface area contributed by atoms with Crippen LogP contribution in [0.25, 0.3) is 0 Å². The van der Waals surface area contributed by atoms with Crippen molar-refractivity contribution in [1.82, 2.24) is 10.3 Å². The van der Waals surface area contributed by atoms with Crippen LogP contribution in [-0.4, -0.2) is 29.9 Å². The van der Waals surface area contributed by atoms with Gasteiger partial charge >= 0.3 is 0 Å². The zero-order valence-corrected chi connectivity index (χ0v) is 16.0. The number of nitrogens with zero attached hydrogens (tertiary/aromatic N) is 2. The minimum Gasteiger partial charge on any atom is -0.459 e. The van der Waals surface area contributed by atoms with Crippen LogP contribution in [0.2, 0.25) is 0 Å². The second-order valence-electron chi connectivity index (χ2n) is 6.49. The number of hydrogen-bond donors (Lipinski definition) is 2. The van der Waals surface area contributed by atoms with E-state index in [1.165, 1.54) is 30.4 Å². The van der Waals surface area contributed by atoms with Crippen LogP contribution in [0.1, 0.15) is 38.6 Å². The van der Waals surface area contributed by atoms with Gasteiger partial charge < -0.3 is 20.0 Å². The van der Waals surface area contributed by atoms with Crippen molar-refractivity contribution in [3.8, 4) is 0 Å². The number of anilines is 2. The highest BCUT2D eigenvalue weighted by Crippen LogP contribution is 2.23. The average Bonchev–Trinajstić information content (AvgIpc) is 3.48. The van der Waals surface area contributed by atoms with E-state index in [0.29, 0.717) is 16.4 Å². The van der Waals surface area contributed by atoms with E-state index in [4.69, 9.17) is 4.42 Å². The van der Waals surface area contributed by atoms with E-state index < -0.39 is 0 Å². The molecule has 0 bridgehead atoms. The van der Waals surface area contributed by atoms with Crippen molar-refractivity contribution in [3.63, 3.8) is 0 Å². The molecule has 4 rings (SSSR count). The molecule has 0 radical (unpaired) electrons. The first-order valence-corrected chi connectivity index (χ1v) is 9.93. The van der Waals surface area contributed by atoms with Crippen molar-refractivity contribution < 1.29 is 14.0 Å². The number of nitrogens with one attached hydrogen (secondary N) is 2. The zero-order chi connectivity index (χ0) is 19.3. The van der Waals surface area contributed by atoms with Gasteiger partial charge in [0.2, 0.25) is 0 Å². The molecule has 144 valence electrons. The highest BCUT2D eigenvalue weighted by molar-refractivity contribution is 7.18. The number of carbonyl (C=O) groups is 2. The number of rotatable bonds is 6. The summed E-state index contributed by atoms with van der Waals surface area (Å²) in [5, 5.41) is 6.23. The first-order valence-electron chi connectivity index (χ1n) is 9.12. The Labute approximate surface area is 166 Å². The van der Waals surface area contributed by atoms with E-state index in [0.717, 1.165) is 24.5 Å². The predicted molar refractivity (Wildman–Crippen MR) is 108 cm³/mol. The topological polar surface area (TPSA) is 87.5 Å². The van der Waals surface area contributed by atoms with Gasteiger partial charge in [-0.05, 0) is 54.8 Å². The highest BCUT2D eigenvalue weighted by atomic mass is 32.1. The van der Waals surface area contributed by atoms with E-state index in [1.54, 1.807) is 30.5 Å². The molecule has 3 aromatic heterocycles. The number of hydrogen-bond acceptors (Lipinski definition) is 6. The van der Waals surface area contributed by atoms with Crippen LogP contribution in [0.15, 0.2) is 53.3 Å². The van der Waals surface area contributed by atoms with Crippen molar-refractivity contribution in [1.29, 1.82) is 0 Å². The molecule has 28 heavy (non-hydrogen) atoms. The molecule has 7 nitrogen and oxygen atoms in total. The Bertz CT molecular complexity index is 962. The Hall–Kier alpha value is -3.13. The fourth-order valence-electron chi connectivity index (χ4n) is 3.07. The Morgan fingerprint density at radius 3 is 2.79 bits per heavy atom. The number of furan rings is 1. The van der Waals surface area contributed by atoms with Crippen LogP contribution in [0.4, 0.5) is 10.8 Å². The van der Waals surface area contributed by atoms with Gasteiger partial charge in [0.05, 0.1) is 16.1 Å². The Morgan fingerprint density at radius 1 is 1.14 bits per heavy atom. The summed E-state index contributed by atoms with van der Waals surface area (Å²) in [6, 6.07) is 10.6. The third-order valence-electron chi connectivity index (χ3n) is 4.50. The van der Waals surface area contributed by atoms with E-state index in [-0.39, 0.29) is 17.6 Å². The fraction of sp³-hybridized carbons (Fsp3) is 0.250. The molecule has 0 atom stereocenters. The number of thiophene rings is 1. The lowest BCUT2D eigenvalue weighted by Crippen LogP contribution is -2.23. The molecule has 1 saturated heterocycles. The molecule has 3 aromatic rings. The molecular weight excluding hydrogens is 376 g/mol. The Morgan fingerprint density at radius 2 is 2.00 bits per heavy atom. The molecule has 0 unspecified atom stereocenters. The molecule has 2 amide bonds. The summed E-state index contributed by atoms with van der Waals surface area (Å²) in [5.74, 6) is 0.669. The molecule has 1 aliphatic heterocycles. The van der Waals surface area contributed by atoms with Crippen molar-refractivity contribution in [2.75, 3.05) is 23.3 Å². The zero-order valence-electron chi connectivity index (χ0n) is 15.2. The summed E-state index contributed by atoms with van der Waals surface area (Å²) in [6.07, 6.45) is 5.61. The molecule has 0 saturated carbocycles. The summed E-state index contributed by atoms with van der Waals surface area (Å²) in [7, 11) is 0. The Balaban J connectivity index is 1.33. The monoisotopic (exact) mass is 396 g/mol. The van der Waals surface area contributed by atoms with Crippen LogP contribution in [0, 0.1) is 0 Å². The van der Waals surface area contributed by atoms with Gasteiger partial charge in [0.25, 0.3) is 11.8 Å². The maximum atomic E-state index is 12.4. The van der Waals surface area contributed by atoms with Crippen LogP contribution in [0.3, 0.4) is 0 Å². The second-order valence-corrected chi connectivity index (χ2v) is 7.58. The van der Waals surface area contributed by atoms with Gasteiger partial charge in [0.1, 0.15) is 5.82 Å². The quantitative estimate of drug-likeness (QED) is 0.666. The smallest absolute Gasteiger partial charge is 0.291 e. The number of pyridine rings is 1. The van der Waals surface area contributed by atoms with E-state index >= 15 is 0 Å². The van der Waals surface area contributed by atoms with Crippen LogP contribution in [-0.2, 0) is 6.54 Å². The van der Waals surface area contributed by atoms with Crippen LogP contribution < -0.4 is 15.5 Å². The van der Waals surface area contributed by atoms with E-state index in [9.17, 15) is 9.59 Å². The van der Waals surface area contributed by atoms with Gasteiger partial charge in [-0.15, -0.1) is 11.3 Å². The minimum absolute atomic E-state index is 0.178. The predicted octanol–water partition coefficient (Wildman–Crippen LogP) is 3.52. The van der Waals surface area contributed by atoms with Gasteiger partial charge in [0, 0.05) is 25.8 Å². The van der Waals surface area contributed by atoms with Gasteiger partial charge in [-0.3, -0.25) is 9.59 Å². The summed E-state index contributed by atoms with van der Waals surface area (Å²) < 4.78 is 5.06. The molecular formula is C20H20N4O3S. The maximum Gasteiger partial charge on any atom is 0.291 e. The van der Waals surface area contributed by atoms with Crippen molar-refractivity contribution in [2.24, 2.45) is 0 Å². The molecule has 1 fully saturated rings. The van der Waals surface area contributed by atoms with Crippen LogP contribution >= 0.6 is 11.3 Å². The number of carbonyl (C=O) groups excluding carboxylic acids is 2. The number of aromatic nitrogens is 1. The maximum absolute atomic E-state index is 12.4. The normalized spacial score (nSPS) is 13.5. The Kier molecular flexibility index (Phi) is 5.38. The van der Waals surface area contributed by atoms with Crippen molar-refractivity contribution in [2.45, 2.75) is 19.4 Å². The SMILES string of the molecule is O=C(Nc1ccc(C(=O)NCc2ccnc(N3CCCC3)c2)s1)c1ccco1.